The first-order valence-corrected chi connectivity index (χ1v) is 13.7. The summed E-state index contributed by atoms with van der Waals surface area (Å²) in [5.41, 5.74) is 4.07. The third-order valence-electron chi connectivity index (χ3n) is 6.18. The Kier molecular flexibility index (Phi) is 13.2. The molecule has 0 saturated heterocycles. The Bertz CT molecular complexity index is 1110. The van der Waals surface area contributed by atoms with Gasteiger partial charge < -0.3 is 28.8 Å². The van der Waals surface area contributed by atoms with E-state index in [1.165, 1.54) is 24.8 Å². The van der Waals surface area contributed by atoms with Crippen LogP contribution in [-0.2, 0) is 11.2 Å². The van der Waals surface area contributed by atoms with Crippen molar-refractivity contribution in [2.75, 3.05) is 46.8 Å². The van der Waals surface area contributed by atoms with E-state index in [1.807, 2.05) is 54.6 Å². The van der Waals surface area contributed by atoms with Crippen molar-refractivity contribution in [3.05, 3.63) is 84.4 Å². The average Bonchev–Trinajstić information content (AvgIpc) is 2.96. The molecule has 210 valence electrons. The van der Waals surface area contributed by atoms with Crippen molar-refractivity contribution in [3.63, 3.8) is 0 Å². The van der Waals surface area contributed by atoms with Gasteiger partial charge in [0.05, 0.1) is 19.8 Å². The second kappa shape index (κ2) is 17.2. The molecule has 0 unspecified atom stereocenters. The molecule has 0 aliphatic rings. The zero-order chi connectivity index (χ0) is 27.7. The van der Waals surface area contributed by atoms with E-state index in [4.69, 9.17) is 28.8 Å². The third-order valence-corrected chi connectivity index (χ3v) is 6.18. The largest absolute Gasteiger partial charge is 0.493 e. The molecule has 0 atom stereocenters. The molecule has 3 rings (SSSR count). The Morgan fingerprint density at radius 1 is 0.667 bits per heavy atom. The Labute approximate surface area is 233 Å². The van der Waals surface area contributed by atoms with Crippen molar-refractivity contribution < 1.29 is 28.8 Å². The molecule has 0 saturated carbocycles. The first kappa shape index (κ1) is 30.1. The van der Waals surface area contributed by atoms with E-state index in [0.717, 1.165) is 34.6 Å². The molecule has 0 aliphatic carbocycles. The molecule has 6 nitrogen and oxygen atoms in total. The fraction of sp³-hybridized carbons (Fsp3) is 0.394. The van der Waals surface area contributed by atoms with Crippen molar-refractivity contribution in [1.29, 1.82) is 0 Å². The number of hydrogen-bond donors (Lipinski definition) is 1. The molecule has 0 bridgehead atoms. The number of aryl methyl sites for hydroxylation is 1. The highest BCUT2D eigenvalue weighted by Gasteiger charge is 2.07. The van der Waals surface area contributed by atoms with E-state index in [9.17, 15) is 0 Å². The Balaban J connectivity index is 1.53. The van der Waals surface area contributed by atoms with Gasteiger partial charge in [-0.2, -0.15) is 0 Å². The van der Waals surface area contributed by atoms with E-state index in [1.54, 1.807) is 7.11 Å². The number of aliphatic hydroxyl groups excluding tert-OH is 1. The Hall–Kier alpha value is -3.48. The molecule has 0 aliphatic heterocycles. The molecule has 0 radical (unpaired) electrons. The minimum atomic E-state index is -0.0401. The maximum atomic E-state index is 9.17. The summed E-state index contributed by atoms with van der Waals surface area (Å²) in [4.78, 5) is 0. The van der Waals surface area contributed by atoms with Gasteiger partial charge in [0.15, 0.2) is 0 Å². The van der Waals surface area contributed by atoms with E-state index in [0.29, 0.717) is 51.0 Å². The summed E-state index contributed by atoms with van der Waals surface area (Å²) in [6, 6.07) is 22.1. The number of rotatable bonds is 19. The minimum absolute atomic E-state index is 0.0401. The monoisotopic (exact) mass is 534 g/mol. The molecule has 1 N–H and O–H groups in total. The Morgan fingerprint density at radius 2 is 1.23 bits per heavy atom. The quantitative estimate of drug-likeness (QED) is 0.133. The molecule has 0 aromatic heterocycles. The molecule has 39 heavy (non-hydrogen) atoms. The van der Waals surface area contributed by atoms with Gasteiger partial charge in [0.25, 0.3) is 0 Å². The average molecular weight is 535 g/mol. The zero-order valence-electron chi connectivity index (χ0n) is 23.3. The van der Waals surface area contributed by atoms with Crippen molar-refractivity contribution in [2.45, 2.75) is 39.0 Å². The molecule has 3 aromatic carbocycles. The lowest BCUT2D eigenvalue weighted by atomic mass is 10.0. The molecular weight excluding hydrogens is 492 g/mol. The van der Waals surface area contributed by atoms with Crippen LogP contribution in [0, 0.1) is 0 Å². The number of hydrogen-bond acceptors (Lipinski definition) is 6. The molecule has 6 heteroatoms. The van der Waals surface area contributed by atoms with Crippen LogP contribution in [0.3, 0.4) is 0 Å². The molecular formula is C33H42O6. The third kappa shape index (κ3) is 11.0. The number of ether oxygens (including phenoxy) is 5. The van der Waals surface area contributed by atoms with Gasteiger partial charge >= 0.3 is 0 Å². The summed E-state index contributed by atoms with van der Waals surface area (Å²) in [5, 5.41) is 9.17. The van der Waals surface area contributed by atoms with Crippen molar-refractivity contribution in [2.24, 2.45) is 0 Å². The van der Waals surface area contributed by atoms with Gasteiger partial charge in [0, 0.05) is 19.6 Å². The number of aliphatic hydroxyl groups is 1. The lowest BCUT2D eigenvalue weighted by Crippen LogP contribution is -2.09. The summed E-state index contributed by atoms with van der Waals surface area (Å²) >= 11 is 0. The van der Waals surface area contributed by atoms with Crippen LogP contribution in [0.5, 0.6) is 23.0 Å². The van der Waals surface area contributed by atoms with Crippen LogP contribution in [-0.4, -0.2) is 51.9 Å². The van der Waals surface area contributed by atoms with Crippen molar-refractivity contribution >= 4 is 0 Å². The summed E-state index contributed by atoms with van der Waals surface area (Å²) in [6.07, 6.45) is 5.44. The zero-order valence-corrected chi connectivity index (χ0v) is 23.3. The van der Waals surface area contributed by atoms with E-state index < -0.39 is 0 Å². The van der Waals surface area contributed by atoms with Gasteiger partial charge in [-0.15, -0.1) is 0 Å². The number of unbranched alkanes of at least 4 members (excludes halogenated alkanes) is 2. The van der Waals surface area contributed by atoms with Crippen molar-refractivity contribution in [3.8, 4) is 34.1 Å². The molecule has 0 amide bonds. The fourth-order valence-corrected chi connectivity index (χ4v) is 3.93. The van der Waals surface area contributed by atoms with E-state index in [-0.39, 0.29) is 6.61 Å². The highest BCUT2D eigenvalue weighted by atomic mass is 16.5. The smallest absolute Gasteiger partial charge is 0.123 e. The van der Waals surface area contributed by atoms with Crippen LogP contribution >= 0.6 is 0 Å². The topological polar surface area (TPSA) is 66.4 Å². The highest BCUT2D eigenvalue weighted by molar-refractivity contribution is 5.68. The van der Waals surface area contributed by atoms with Crippen LogP contribution in [0.1, 0.15) is 38.2 Å². The fourth-order valence-electron chi connectivity index (χ4n) is 3.93. The number of benzene rings is 3. The summed E-state index contributed by atoms with van der Waals surface area (Å²) in [5.74, 6) is 3.03. The summed E-state index contributed by atoms with van der Waals surface area (Å²) in [6.45, 7) is 8.29. The first-order chi connectivity index (χ1) is 19.1. The van der Waals surface area contributed by atoms with Crippen LogP contribution in [0.2, 0.25) is 0 Å². The predicted molar refractivity (Wildman–Crippen MR) is 156 cm³/mol. The second-order valence-corrected chi connectivity index (χ2v) is 9.36. The SMILES string of the molecule is C=C(CO)CCOc1cc(OCCOC)cc(-c2ccc(OCCOc3ccc(CCCCC)cc3)cc2)c1. The molecule has 0 fully saturated rings. The van der Waals surface area contributed by atoms with E-state index >= 15 is 0 Å². The van der Waals surface area contributed by atoms with Gasteiger partial charge in [0.1, 0.15) is 42.8 Å². The predicted octanol–water partition coefficient (Wildman–Crippen LogP) is 6.89. The summed E-state index contributed by atoms with van der Waals surface area (Å²) < 4.78 is 28.6. The lowest BCUT2D eigenvalue weighted by molar-refractivity contribution is 0.146. The van der Waals surface area contributed by atoms with Crippen LogP contribution in [0.25, 0.3) is 11.1 Å². The Morgan fingerprint density at radius 3 is 1.82 bits per heavy atom. The van der Waals surface area contributed by atoms with Crippen molar-refractivity contribution in [1.82, 2.24) is 0 Å². The van der Waals surface area contributed by atoms with Gasteiger partial charge in [-0.05, 0) is 71.5 Å². The van der Waals surface area contributed by atoms with Gasteiger partial charge in [-0.1, -0.05) is 50.6 Å². The van der Waals surface area contributed by atoms with Gasteiger partial charge in [-0.25, -0.2) is 0 Å². The minimum Gasteiger partial charge on any atom is -0.493 e. The van der Waals surface area contributed by atoms with Crippen LogP contribution in [0.4, 0.5) is 0 Å². The molecule has 0 heterocycles. The highest BCUT2D eigenvalue weighted by Crippen LogP contribution is 2.31. The molecule has 3 aromatic rings. The van der Waals surface area contributed by atoms with Crippen LogP contribution < -0.4 is 18.9 Å². The van der Waals surface area contributed by atoms with Crippen LogP contribution in [0.15, 0.2) is 78.9 Å². The lowest BCUT2D eigenvalue weighted by Gasteiger charge is -2.13. The number of methoxy groups -OCH3 is 1. The second-order valence-electron chi connectivity index (χ2n) is 9.36. The summed E-state index contributed by atoms with van der Waals surface area (Å²) in [7, 11) is 1.64. The first-order valence-electron chi connectivity index (χ1n) is 13.7. The molecule has 0 spiro atoms. The van der Waals surface area contributed by atoms with Gasteiger partial charge in [0.2, 0.25) is 0 Å². The maximum Gasteiger partial charge on any atom is 0.123 e. The normalized spacial score (nSPS) is 10.7. The van der Waals surface area contributed by atoms with Gasteiger partial charge in [-0.3, -0.25) is 0 Å². The van der Waals surface area contributed by atoms with E-state index in [2.05, 4.69) is 25.6 Å². The standard InChI is InChI=1S/C33H42O6/c1-4-5-6-7-27-8-12-30(13-9-27)37-20-21-38-31-14-10-28(11-15-31)29-22-32(36-17-16-26(2)25-34)24-33(23-29)39-19-18-35-3/h8-15,22-24,34H,2,4-7,16-21,25H2,1,3H3. The maximum absolute atomic E-state index is 9.17.